The van der Waals surface area contributed by atoms with Crippen molar-refractivity contribution in [3.8, 4) is 0 Å². The van der Waals surface area contributed by atoms with Gasteiger partial charge in [0.1, 0.15) is 0 Å². The lowest BCUT2D eigenvalue weighted by Crippen LogP contribution is -2.37. The number of β-amino-alcohol motifs (C(OH)–C–C–N with tert-alkyl or cyclic N) is 1. The number of rotatable bonds is 3. The van der Waals surface area contributed by atoms with Crippen LogP contribution in [0.2, 0.25) is 0 Å². The van der Waals surface area contributed by atoms with Gasteiger partial charge in [-0.1, -0.05) is 18.2 Å². The van der Waals surface area contributed by atoms with E-state index in [9.17, 15) is 15.0 Å². The summed E-state index contributed by atoms with van der Waals surface area (Å²) in [5.41, 5.74) is 1.79. The van der Waals surface area contributed by atoms with Crippen molar-refractivity contribution in [2.75, 3.05) is 18.0 Å². The zero-order chi connectivity index (χ0) is 12.4. The summed E-state index contributed by atoms with van der Waals surface area (Å²) >= 11 is 0. The minimum Gasteiger partial charge on any atom is -0.481 e. The number of aliphatic hydroxyl groups excluding tert-OH is 1. The average Bonchev–Trinajstić information content (AvgIpc) is 2.28. The molecule has 1 aliphatic heterocycles. The predicted molar refractivity (Wildman–Crippen MR) is 65.3 cm³/mol. The molecule has 92 valence electrons. The summed E-state index contributed by atoms with van der Waals surface area (Å²) in [6.07, 6.45) is 0.184. The third kappa shape index (κ3) is 2.42. The van der Waals surface area contributed by atoms with E-state index >= 15 is 0 Å². The fourth-order valence-corrected chi connectivity index (χ4v) is 2.40. The summed E-state index contributed by atoms with van der Waals surface area (Å²) in [6.45, 7) is 2.97. The Morgan fingerprint density at radius 3 is 2.88 bits per heavy atom. The molecule has 0 saturated heterocycles. The van der Waals surface area contributed by atoms with Gasteiger partial charge in [-0.3, -0.25) is 4.79 Å². The summed E-state index contributed by atoms with van der Waals surface area (Å²) in [5.74, 6) is -1.19. The maximum absolute atomic E-state index is 11.2. The molecular weight excluding hydrogens is 218 g/mol. The molecule has 0 amide bonds. The van der Waals surface area contributed by atoms with Gasteiger partial charge >= 0.3 is 5.97 Å². The number of hydrogen-bond donors (Lipinski definition) is 2. The second kappa shape index (κ2) is 4.75. The fourth-order valence-electron chi connectivity index (χ4n) is 2.40. The van der Waals surface area contributed by atoms with Crippen molar-refractivity contribution in [1.29, 1.82) is 0 Å². The number of carboxylic acid groups (broad SMARTS) is 1. The van der Waals surface area contributed by atoms with Crippen molar-refractivity contribution in [2.24, 2.45) is 0 Å². The van der Waals surface area contributed by atoms with Crippen LogP contribution in [0.4, 0.5) is 5.69 Å². The van der Waals surface area contributed by atoms with Crippen LogP contribution in [0.1, 0.15) is 24.8 Å². The molecule has 0 saturated carbocycles. The highest BCUT2D eigenvalue weighted by Gasteiger charge is 2.29. The fraction of sp³-hybridized carbons (Fsp3) is 0.462. The summed E-state index contributed by atoms with van der Waals surface area (Å²) in [6, 6.07) is 7.55. The Morgan fingerprint density at radius 1 is 1.53 bits per heavy atom. The van der Waals surface area contributed by atoms with Gasteiger partial charge in [0.2, 0.25) is 0 Å². The molecule has 0 radical (unpaired) electrons. The van der Waals surface area contributed by atoms with Crippen LogP contribution in [0, 0.1) is 0 Å². The van der Waals surface area contributed by atoms with Crippen LogP contribution >= 0.6 is 0 Å². The van der Waals surface area contributed by atoms with Gasteiger partial charge in [0.25, 0.3) is 0 Å². The first-order valence-corrected chi connectivity index (χ1v) is 5.84. The monoisotopic (exact) mass is 235 g/mol. The minimum absolute atomic E-state index is 0.413. The zero-order valence-electron chi connectivity index (χ0n) is 9.84. The Balaban J connectivity index is 2.33. The van der Waals surface area contributed by atoms with Crippen LogP contribution in [-0.4, -0.2) is 35.4 Å². The molecule has 17 heavy (non-hydrogen) atoms. The highest BCUT2D eigenvalue weighted by atomic mass is 16.4. The van der Waals surface area contributed by atoms with Gasteiger partial charge < -0.3 is 15.1 Å². The molecule has 4 heteroatoms. The van der Waals surface area contributed by atoms with Crippen molar-refractivity contribution in [3.05, 3.63) is 29.8 Å². The lowest BCUT2D eigenvalue weighted by molar-refractivity contribution is -0.139. The summed E-state index contributed by atoms with van der Waals surface area (Å²) in [4.78, 5) is 13.2. The van der Waals surface area contributed by atoms with Gasteiger partial charge in [-0.2, -0.15) is 0 Å². The highest BCUT2D eigenvalue weighted by molar-refractivity contribution is 5.80. The molecule has 0 fully saturated rings. The molecule has 4 nitrogen and oxygen atoms in total. The van der Waals surface area contributed by atoms with E-state index in [4.69, 9.17) is 0 Å². The first kappa shape index (κ1) is 11.9. The molecule has 1 heterocycles. The van der Waals surface area contributed by atoms with Crippen LogP contribution in [-0.2, 0) is 4.79 Å². The molecule has 0 spiro atoms. The van der Waals surface area contributed by atoms with Crippen LogP contribution in [0.5, 0.6) is 0 Å². The van der Waals surface area contributed by atoms with Gasteiger partial charge in [0.05, 0.1) is 12.0 Å². The molecule has 0 bridgehead atoms. The van der Waals surface area contributed by atoms with E-state index < -0.39 is 18.0 Å². The lowest BCUT2D eigenvalue weighted by atomic mass is 9.90. The maximum atomic E-state index is 11.2. The molecular formula is C13H17NO3. The Labute approximate surface area is 100 Å². The number of para-hydroxylation sites is 1. The lowest BCUT2D eigenvalue weighted by Gasteiger charge is -2.34. The van der Waals surface area contributed by atoms with E-state index in [2.05, 4.69) is 4.90 Å². The number of hydrogen-bond acceptors (Lipinski definition) is 3. The van der Waals surface area contributed by atoms with Gasteiger partial charge in [-0.05, 0) is 25.0 Å². The van der Waals surface area contributed by atoms with Crippen molar-refractivity contribution >= 4 is 11.7 Å². The Hall–Kier alpha value is -1.55. The van der Waals surface area contributed by atoms with Crippen LogP contribution in [0.25, 0.3) is 0 Å². The van der Waals surface area contributed by atoms with Crippen LogP contribution in [0.15, 0.2) is 24.3 Å². The second-order valence-corrected chi connectivity index (χ2v) is 4.53. The summed E-state index contributed by atoms with van der Waals surface area (Å²) < 4.78 is 0. The minimum atomic E-state index is -0.769. The third-order valence-corrected chi connectivity index (χ3v) is 3.12. The summed E-state index contributed by atoms with van der Waals surface area (Å²) in [5, 5.41) is 18.6. The van der Waals surface area contributed by atoms with E-state index in [0.717, 1.165) is 11.3 Å². The van der Waals surface area contributed by atoms with Crippen molar-refractivity contribution < 1.29 is 15.0 Å². The van der Waals surface area contributed by atoms with E-state index in [1.54, 1.807) is 6.92 Å². The maximum Gasteiger partial charge on any atom is 0.311 e. The van der Waals surface area contributed by atoms with E-state index in [0.29, 0.717) is 19.5 Å². The number of anilines is 1. The molecule has 1 aromatic rings. The average molecular weight is 235 g/mol. The van der Waals surface area contributed by atoms with Crippen LogP contribution < -0.4 is 4.90 Å². The number of carbonyl (C=O) groups is 1. The van der Waals surface area contributed by atoms with Crippen molar-refractivity contribution in [2.45, 2.75) is 25.4 Å². The number of fused-ring (bicyclic) bond motifs is 1. The molecule has 0 aliphatic carbocycles. The first-order chi connectivity index (χ1) is 8.09. The number of aliphatic hydroxyl groups is 1. The standard InChI is InChI=1S/C13H17NO3/c1-9(15)8-14-7-6-11(13(16)17)10-4-2-3-5-12(10)14/h2-5,9,11,15H,6-8H2,1H3,(H,16,17). The molecule has 0 aromatic heterocycles. The SMILES string of the molecule is CC(O)CN1CCC(C(=O)O)c2ccccc21. The predicted octanol–water partition coefficient (Wildman–Crippen LogP) is 1.45. The third-order valence-electron chi connectivity index (χ3n) is 3.12. The zero-order valence-corrected chi connectivity index (χ0v) is 9.84. The van der Waals surface area contributed by atoms with E-state index in [1.807, 2.05) is 24.3 Å². The molecule has 2 atom stereocenters. The number of aliphatic carboxylic acids is 1. The number of carboxylic acids is 1. The van der Waals surface area contributed by atoms with Crippen molar-refractivity contribution in [3.63, 3.8) is 0 Å². The summed E-state index contributed by atoms with van der Waals surface area (Å²) in [7, 11) is 0. The Kier molecular flexibility index (Phi) is 3.33. The van der Waals surface area contributed by atoms with Gasteiger partial charge in [0, 0.05) is 18.8 Å². The normalized spacial score (nSPS) is 20.8. The van der Waals surface area contributed by atoms with Gasteiger partial charge in [0.15, 0.2) is 0 Å². The molecule has 2 N–H and O–H groups in total. The second-order valence-electron chi connectivity index (χ2n) is 4.53. The highest BCUT2D eigenvalue weighted by Crippen LogP contribution is 2.35. The molecule has 1 aromatic carbocycles. The smallest absolute Gasteiger partial charge is 0.311 e. The van der Waals surface area contributed by atoms with E-state index in [-0.39, 0.29) is 0 Å². The topological polar surface area (TPSA) is 60.8 Å². The quantitative estimate of drug-likeness (QED) is 0.832. The molecule has 2 unspecified atom stereocenters. The van der Waals surface area contributed by atoms with Gasteiger partial charge in [-0.25, -0.2) is 0 Å². The number of benzene rings is 1. The Bertz CT molecular complexity index is 417. The number of nitrogens with zero attached hydrogens (tertiary/aromatic N) is 1. The van der Waals surface area contributed by atoms with Crippen LogP contribution in [0.3, 0.4) is 0 Å². The van der Waals surface area contributed by atoms with Gasteiger partial charge in [-0.15, -0.1) is 0 Å². The van der Waals surface area contributed by atoms with Crippen molar-refractivity contribution in [1.82, 2.24) is 0 Å². The largest absolute Gasteiger partial charge is 0.481 e. The van der Waals surface area contributed by atoms with E-state index in [1.165, 1.54) is 0 Å². The Morgan fingerprint density at radius 2 is 2.24 bits per heavy atom. The molecule has 2 rings (SSSR count). The molecule has 1 aliphatic rings. The first-order valence-electron chi connectivity index (χ1n) is 5.84.